The molecule has 0 N–H and O–H groups in total. The first-order valence-corrected chi connectivity index (χ1v) is 6.67. The Labute approximate surface area is 94.1 Å². The number of rotatable bonds is 0. The summed E-state index contributed by atoms with van der Waals surface area (Å²) in [6.07, 6.45) is 9.50. The van der Waals surface area contributed by atoms with Crippen molar-refractivity contribution in [2.24, 2.45) is 34.5 Å². The van der Waals surface area contributed by atoms with Crippen molar-refractivity contribution in [3.63, 3.8) is 0 Å². The van der Waals surface area contributed by atoms with E-state index in [1.54, 1.807) is 0 Å². The molecule has 3 aliphatic rings. The molecule has 0 heterocycles. The highest BCUT2D eigenvalue weighted by molar-refractivity contribution is 5.23. The second-order valence-electron chi connectivity index (χ2n) is 7.03. The standard InChI is InChI=1S/C15H24/c1-10-7-8-15-9-12(10)14(3,4)13(15)6-5-11(15)2/h5-6,10-13H,7-9H2,1-4H3. The number of hydrogen-bond acceptors (Lipinski definition) is 0. The Morgan fingerprint density at radius 3 is 2.60 bits per heavy atom. The predicted molar refractivity (Wildman–Crippen MR) is 64.5 cm³/mol. The summed E-state index contributed by atoms with van der Waals surface area (Å²) in [7, 11) is 0. The third kappa shape index (κ3) is 0.990. The second-order valence-corrected chi connectivity index (χ2v) is 7.03. The van der Waals surface area contributed by atoms with Crippen LogP contribution in [-0.2, 0) is 0 Å². The molecule has 1 spiro atoms. The summed E-state index contributed by atoms with van der Waals surface area (Å²) in [6, 6.07) is 0. The van der Waals surface area contributed by atoms with Gasteiger partial charge in [-0.05, 0) is 53.8 Å². The molecule has 3 aliphatic carbocycles. The zero-order chi connectivity index (χ0) is 10.8. The fraction of sp³-hybridized carbons (Fsp3) is 0.867. The van der Waals surface area contributed by atoms with Gasteiger partial charge in [0.05, 0.1) is 0 Å². The molecule has 5 atom stereocenters. The third-order valence-electron chi connectivity index (χ3n) is 6.23. The number of fused-ring (bicyclic) bond motifs is 1. The largest absolute Gasteiger partial charge is 0.0848 e. The molecule has 0 aromatic carbocycles. The second kappa shape index (κ2) is 2.70. The van der Waals surface area contributed by atoms with Crippen LogP contribution in [0.25, 0.3) is 0 Å². The van der Waals surface area contributed by atoms with Gasteiger partial charge < -0.3 is 0 Å². The van der Waals surface area contributed by atoms with E-state index in [1.807, 2.05) is 0 Å². The predicted octanol–water partition coefficient (Wildman–Crippen LogP) is 4.27. The Kier molecular flexibility index (Phi) is 1.79. The minimum atomic E-state index is 0.553. The molecule has 2 bridgehead atoms. The molecule has 3 rings (SSSR count). The highest BCUT2D eigenvalue weighted by Crippen LogP contribution is 2.70. The first-order valence-electron chi connectivity index (χ1n) is 6.67. The minimum absolute atomic E-state index is 0.553. The molecule has 84 valence electrons. The van der Waals surface area contributed by atoms with E-state index in [-0.39, 0.29) is 0 Å². The zero-order valence-corrected chi connectivity index (χ0v) is 10.6. The third-order valence-corrected chi connectivity index (χ3v) is 6.23. The van der Waals surface area contributed by atoms with Gasteiger partial charge in [0, 0.05) is 0 Å². The average Bonchev–Trinajstić information content (AvgIpc) is 2.57. The zero-order valence-electron chi connectivity index (χ0n) is 10.6. The lowest BCUT2D eigenvalue weighted by atomic mass is 9.65. The van der Waals surface area contributed by atoms with Crippen molar-refractivity contribution in [3.05, 3.63) is 12.2 Å². The molecular weight excluding hydrogens is 180 g/mol. The molecule has 5 unspecified atom stereocenters. The van der Waals surface area contributed by atoms with E-state index in [2.05, 4.69) is 39.8 Å². The Bertz CT molecular complexity index is 312. The molecule has 0 amide bonds. The molecule has 2 saturated carbocycles. The van der Waals surface area contributed by atoms with Crippen LogP contribution in [0, 0.1) is 34.5 Å². The maximum atomic E-state index is 2.56. The molecule has 0 aromatic heterocycles. The van der Waals surface area contributed by atoms with Crippen molar-refractivity contribution in [1.82, 2.24) is 0 Å². The lowest BCUT2D eigenvalue weighted by molar-refractivity contribution is 0.115. The van der Waals surface area contributed by atoms with Crippen LogP contribution >= 0.6 is 0 Å². The smallest absolute Gasteiger partial charge is 0.0117 e. The van der Waals surface area contributed by atoms with E-state index >= 15 is 0 Å². The highest BCUT2D eigenvalue weighted by atomic mass is 14.7. The molecule has 0 saturated heterocycles. The van der Waals surface area contributed by atoms with E-state index in [0.717, 1.165) is 23.7 Å². The van der Waals surface area contributed by atoms with Crippen LogP contribution in [0.2, 0.25) is 0 Å². The quantitative estimate of drug-likeness (QED) is 0.517. The van der Waals surface area contributed by atoms with Gasteiger partial charge in [-0.2, -0.15) is 0 Å². The van der Waals surface area contributed by atoms with Crippen LogP contribution in [0.3, 0.4) is 0 Å². The summed E-state index contributed by atoms with van der Waals surface area (Å²) in [5.74, 6) is 3.63. The summed E-state index contributed by atoms with van der Waals surface area (Å²) in [5.41, 5.74) is 1.22. The molecule has 0 heteroatoms. The summed E-state index contributed by atoms with van der Waals surface area (Å²) in [5, 5.41) is 0. The van der Waals surface area contributed by atoms with Crippen LogP contribution in [0.1, 0.15) is 47.0 Å². The van der Waals surface area contributed by atoms with E-state index in [4.69, 9.17) is 0 Å². The van der Waals surface area contributed by atoms with Crippen molar-refractivity contribution < 1.29 is 0 Å². The van der Waals surface area contributed by atoms with Gasteiger partial charge in [0.1, 0.15) is 0 Å². The van der Waals surface area contributed by atoms with E-state index in [0.29, 0.717) is 10.8 Å². The maximum absolute atomic E-state index is 2.56. The fourth-order valence-electron chi connectivity index (χ4n) is 5.27. The summed E-state index contributed by atoms with van der Waals surface area (Å²) in [4.78, 5) is 0. The molecular formula is C15H24. The molecule has 0 nitrogen and oxygen atoms in total. The maximum Gasteiger partial charge on any atom is -0.0117 e. The monoisotopic (exact) mass is 204 g/mol. The van der Waals surface area contributed by atoms with Gasteiger partial charge in [-0.25, -0.2) is 0 Å². The number of hydrogen-bond donors (Lipinski definition) is 0. The summed E-state index contributed by atoms with van der Waals surface area (Å²) < 4.78 is 0. The van der Waals surface area contributed by atoms with Gasteiger partial charge >= 0.3 is 0 Å². The first-order chi connectivity index (χ1) is 6.98. The van der Waals surface area contributed by atoms with E-state index in [1.165, 1.54) is 19.3 Å². The summed E-state index contributed by atoms with van der Waals surface area (Å²) >= 11 is 0. The Hall–Kier alpha value is -0.260. The summed E-state index contributed by atoms with van der Waals surface area (Å²) in [6.45, 7) is 9.97. The van der Waals surface area contributed by atoms with Gasteiger partial charge in [0.25, 0.3) is 0 Å². The van der Waals surface area contributed by atoms with Crippen LogP contribution in [0.4, 0.5) is 0 Å². The lowest BCUT2D eigenvalue weighted by Gasteiger charge is -2.39. The molecule has 0 aliphatic heterocycles. The van der Waals surface area contributed by atoms with Crippen LogP contribution in [0.15, 0.2) is 12.2 Å². The first kappa shape index (κ1) is 9.93. The van der Waals surface area contributed by atoms with E-state index < -0.39 is 0 Å². The van der Waals surface area contributed by atoms with Crippen molar-refractivity contribution in [2.75, 3.05) is 0 Å². The molecule has 2 fully saturated rings. The van der Waals surface area contributed by atoms with Crippen molar-refractivity contribution in [3.8, 4) is 0 Å². The topological polar surface area (TPSA) is 0 Å². The van der Waals surface area contributed by atoms with Crippen molar-refractivity contribution >= 4 is 0 Å². The van der Waals surface area contributed by atoms with Gasteiger partial charge in [-0.1, -0.05) is 39.8 Å². The Morgan fingerprint density at radius 2 is 1.87 bits per heavy atom. The van der Waals surface area contributed by atoms with E-state index in [9.17, 15) is 0 Å². The van der Waals surface area contributed by atoms with Crippen LogP contribution < -0.4 is 0 Å². The minimum Gasteiger partial charge on any atom is -0.0848 e. The Balaban J connectivity index is 2.08. The van der Waals surface area contributed by atoms with Crippen LogP contribution in [0.5, 0.6) is 0 Å². The Morgan fingerprint density at radius 1 is 1.13 bits per heavy atom. The SMILES string of the molecule is CC1CCC23CC1C(C)(C)C2C=CC3C. The van der Waals surface area contributed by atoms with Gasteiger partial charge in [-0.15, -0.1) is 0 Å². The van der Waals surface area contributed by atoms with Gasteiger partial charge in [-0.3, -0.25) is 0 Å². The normalized spacial score (nSPS) is 55.7. The van der Waals surface area contributed by atoms with Crippen LogP contribution in [-0.4, -0.2) is 0 Å². The average molecular weight is 204 g/mol. The lowest BCUT2D eigenvalue weighted by Crippen LogP contribution is -2.31. The number of allylic oxidation sites excluding steroid dienone is 2. The fourth-order valence-corrected chi connectivity index (χ4v) is 5.27. The molecule has 15 heavy (non-hydrogen) atoms. The van der Waals surface area contributed by atoms with Gasteiger partial charge in [0.2, 0.25) is 0 Å². The molecule has 0 aromatic rings. The van der Waals surface area contributed by atoms with Crippen molar-refractivity contribution in [2.45, 2.75) is 47.0 Å². The highest BCUT2D eigenvalue weighted by Gasteiger charge is 2.62. The van der Waals surface area contributed by atoms with Gasteiger partial charge in [0.15, 0.2) is 0 Å². The van der Waals surface area contributed by atoms with Crippen molar-refractivity contribution in [1.29, 1.82) is 0 Å². The molecule has 0 radical (unpaired) electrons.